The Bertz CT molecular complexity index is 1110. The zero-order chi connectivity index (χ0) is 20.5. The Morgan fingerprint density at radius 3 is 2.93 bits per heavy atom. The van der Waals surface area contributed by atoms with E-state index in [-0.39, 0.29) is 24.6 Å². The topological polar surface area (TPSA) is 79.3 Å². The molecule has 2 N–H and O–H groups in total. The molecular weight excluding hydrogens is 397 g/mol. The zero-order valence-electron chi connectivity index (χ0n) is 15.4. The first-order chi connectivity index (χ1) is 14.0. The standard InChI is InChI=1S/C20H17ClFN5O2/c1-26-19-14(9-24-26)10-27(18-5-4-15(21)7-17(18)25-19)20(29)12-2-3-13(8-23-11-28)16(22)6-12/h2-7,9,11,25H,8,10H2,1H3,(H,23,28). The molecule has 0 aliphatic carbocycles. The number of amides is 2. The quantitative estimate of drug-likeness (QED) is 0.643. The van der Waals surface area contributed by atoms with Gasteiger partial charge in [0, 0.05) is 35.3 Å². The number of aryl methyl sites for hydroxylation is 1. The molecule has 0 saturated heterocycles. The number of aromatic nitrogens is 2. The van der Waals surface area contributed by atoms with Crippen LogP contribution >= 0.6 is 11.6 Å². The summed E-state index contributed by atoms with van der Waals surface area (Å²) in [5.41, 5.74) is 2.60. The fraction of sp³-hybridized carbons (Fsp3) is 0.150. The molecule has 0 bridgehead atoms. The maximum absolute atomic E-state index is 14.4. The Kier molecular flexibility index (Phi) is 4.94. The third kappa shape index (κ3) is 3.54. The van der Waals surface area contributed by atoms with Gasteiger partial charge in [-0.05, 0) is 30.3 Å². The summed E-state index contributed by atoms with van der Waals surface area (Å²) in [5, 5.41) is 10.5. The van der Waals surface area contributed by atoms with E-state index in [9.17, 15) is 14.0 Å². The predicted molar refractivity (Wildman–Crippen MR) is 108 cm³/mol. The number of nitrogens with zero attached hydrogens (tertiary/aromatic N) is 3. The Morgan fingerprint density at radius 2 is 2.17 bits per heavy atom. The molecule has 29 heavy (non-hydrogen) atoms. The minimum absolute atomic E-state index is 0.0534. The van der Waals surface area contributed by atoms with Crippen LogP contribution in [0.15, 0.2) is 42.6 Å². The summed E-state index contributed by atoms with van der Waals surface area (Å²) in [6.07, 6.45) is 2.18. The van der Waals surface area contributed by atoms with Gasteiger partial charge in [0.25, 0.3) is 5.91 Å². The van der Waals surface area contributed by atoms with Crippen LogP contribution in [-0.2, 0) is 24.9 Å². The van der Waals surface area contributed by atoms with Crippen LogP contribution in [0, 0.1) is 5.82 Å². The highest BCUT2D eigenvalue weighted by molar-refractivity contribution is 6.31. The van der Waals surface area contributed by atoms with Gasteiger partial charge in [0.1, 0.15) is 11.6 Å². The van der Waals surface area contributed by atoms with Crippen LogP contribution < -0.4 is 15.5 Å². The maximum Gasteiger partial charge on any atom is 0.258 e. The Hall–Kier alpha value is -3.39. The van der Waals surface area contributed by atoms with Gasteiger partial charge in [-0.1, -0.05) is 17.7 Å². The average Bonchev–Trinajstić information content (AvgIpc) is 2.95. The van der Waals surface area contributed by atoms with Gasteiger partial charge in [-0.25, -0.2) is 4.39 Å². The van der Waals surface area contributed by atoms with E-state index in [2.05, 4.69) is 15.7 Å². The van der Waals surface area contributed by atoms with Crippen molar-refractivity contribution in [2.24, 2.45) is 7.05 Å². The van der Waals surface area contributed by atoms with Gasteiger partial charge in [-0.15, -0.1) is 0 Å². The van der Waals surface area contributed by atoms with Gasteiger partial charge in [0.2, 0.25) is 6.41 Å². The third-order valence-electron chi connectivity index (χ3n) is 4.77. The Labute approximate surface area is 171 Å². The first kappa shape index (κ1) is 18.9. The lowest BCUT2D eigenvalue weighted by molar-refractivity contribution is -0.109. The molecule has 148 valence electrons. The van der Waals surface area contributed by atoms with E-state index in [4.69, 9.17) is 11.6 Å². The number of fused-ring (bicyclic) bond motifs is 2. The molecule has 7 nitrogen and oxygen atoms in total. The molecule has 3 aromatic rings. The normalized spacial score (nSPS) is 12.4. The minimum atomic E-state index is -0.559. The summed E-state index contributed by atoms with van der Waals surface area (Å²) < 4.78 is 16.1. The van der Waals surface area contributed by atoms with E-state index in [0.717, 1.165) is 11.4 Å². The van der Waals surface area contributed by atoms with Crippen molar-refractivity contribution in [3.63, 3.8) is 0 Å². The van der Waals surface area contributed by atoms with Gasteiger partial charge in [-0.2, -0.15) is 5.10 Å². The molecular formula is C20H17ClFN5O2. The van der Waals surface area contributed by atoms with Crippen molar-refractivity contribution in [2.75, 3.05) is 10.2 Å². The van der Waals surface area contributed by atoms with Crippen LogP contribution in [0.2, 0.25) is 5.02 Å². The first-order valence-corrected chi connectivity index (χ1v) is 9.20. The molecule has 1 aromatic heterocycles. The predicted octanol–water partition coefficient (Wildman–Crippen LogP) is 3.36. The number of anilines is 3. The van der Waals surface area contributed by atoms with E-state index in [0.29, 0.717) is 28.4 Å². The number of carbonyl (C=O) groups is 2. The van der Waals surface area contributed by atoms with E-state index in [1.807, 2.05) is 0 Å². The Morgan fingerprint density at radius 1 is 1.34 bits per heavy atom. The second-order valence-corrected chi connectivity index (χ2v) is 7.06. The van der Waals surface area contributed by atoms with Crippen LogP contribution in [0.1, 0.15) is 21.5 Å². The highest BCUT2D eigenvalue weighted by Gasteiger charge is 2.27. The van der Waals surface area contributed by atoms with Crippen LogP contribution in [0.25, 0.3) is 0 Å². The summed E-state index contributed by atoms with van der Waals surface area (Å²) in [4.78, 5) is 25.3. The van der Waals surface area contributed by atoms with E-state index >= 15 is 0 Å². The summed E-state index contributed by atoms with van der Waals surface area (Å²) in [7, 11) is 1.80. The summed E-state index contributed by atoms with van der Waals surface area (Å²) >= 11 is 6.15. The average molecular weight is 414 g/mol. The number of halogens is 2. The monoisotopic (exact) mass is 413 g/mol. The van der Waals surface area contributed by atoms with Gasteiger partial charge < -0.3 is 15.5 Å². The lowest BCUT2D eigenvalue weighted by Crippen LogP contribution is -2.30. The molecule has 9 heteroatoms. The smallest absolute Gasteiger partial charge is 0.258 e. The van der Waals surface area contributed by atoms with Gasteiger partial charge in [0.05, 0.1) is 24.1 Å². The van der Waals surface area contributed by atoms with Gasteiger partial charge in [-0.3, -0.25) is 14.3 Å². The highest BCUT2D eigenvalue weighted by Crippen LogP contribution is 2.37. The molecule has 0 radical (unpaired) electrons. The molecule has 0 atom stereocenters. The number of rotatable bonds is 4. The SMILES string of the molecule is Cn1ncc2c1Nc1cc(Cl)ccc1N(C(=O)c1ccc(CNC=O)c(F)c1)C2. The van der Waals surface area contributed by atoms with Crippen molar-refractivity contribution in [3.05, 3.63) is 70.1 Å². The molecule has 0 fully saturated rings. The van der Waals surface area contributed by atoms with E-state index in [1.54, 1.807) is 47.1 Å². The lowest BCUT2D eigenvalue weighted by Gasteiger charge is -2.23. The van der Waals surface area contributed by atoms with Crippen molar-refractivity contribution >= 4 is 41.1 Å². The first-order valence-electron chi connectivity index (χ1n) is 8.82. The zero-order valence-corrected chi connectivity index (χ0v) is 16.2. The molecule has 1 aliphatic rings. The van der Waals surface area contributed by atoms with Crippen LogP contribution in [0.4, 0.5) is 21.6 Å². The molecule has 2 aromatic carbocycles. The number of hydrogen-bond donors (Lipinski definition) is 2. The van der Waals surface area contributed by atoms with Crippen LogP contribution in [-0.4, -0.2) is 22.1 Å². The fourth-order valence-electron chi connectivity index (χ4n) is 3.30. The highest BCUT2D eigenvalue weighted by atomic mass is 35.5. The van der Waals surface area contributed by atoms with Crippen LogP contribution in [0.3, 0.4) is 0 Å². The second-order valence-electron chi connectivity index (χ2n) is 6.62. The van der Waals surface area contributed by atoms with Crippen molar-refractivity contribution < 1.29 is 14.0 Å². The van der Waals surface area contributed by atoms with Gasteiger partial charge >= 0.3 is 0 Å². The molecule has 2 amide bonds. The number of hydrogen-bond acceptors (Lipinski definition) is 4. The van der Waals surface area contributed by atoms with Crippen molar-refractivity contribution in [1.29, 1.82) is 0 Å². The summed E-state index contributed by atoms with van der Waals surface area (Å²) in [6, 6.07) is 9.40. The van der Waals surface area contributed by atoms with Crippen molar-refractivity contribution in [3.8, 4) is 0 Å². The molecule has 0 spiro atoms. The van der Waals surface area contributed by atoms with E-state index < -0.39 is 5.82 Å². The van der Waals surface area contributed by atoms with Gasteiger partial charge in [0.15, 0.2) is 0 Å². The maximum atomic E-state index is 14.4. The van der Waals surface area contributed by atoms with Crippen molar-refractivity contribution in [1.82, 2.24) is 15.1 Å². The largest absolute Gasteiger partial charge is 0.354 e. The van der Waals surface area contributed by atoms with Crippen molar-refractivity contribution in [2.45, 2.75) is 13.1 Å². The number of benzene rings is 2. The second kappa shape index (κ2) is 7.56. The van der Waals surface area contributed by atoms with E-state index in [1.165, 1.54) is 12.1 Å². The molecule has 4 rings (SSSR count). The summed E-state index contributed by atoms with van der Waals surface area (Å²) in [6.45, 7) is 0.317. The molecule has 2 heterocycles. The molecule has 1 aliphatic heterocycles. The molecule has 0 saturated carbocycles. The number of nitrogens with one attached hydrogen (secondary N) is 2. The summed E-state index contributed by atoms with van der Waals surface area (Å²) in [5.74, 6) is -0.164. The lowest BCUT2D eigenvalue weighted by atomic mass is 10.1. The van der Waals surface area contributed by atoms with Crippen LogP contribution in [0.5, 0.6) is 0 Å². The number of carbonyl (C=O) groups excluding carboxylic acids is 2. The molecule has 0 unspecified atom stereocenters. The Balaban J connectivity index is 1.74. The fourth-order valence-corrected chi connectivity index (χ4v) is 3.47. The minimum Gasteiger partial charge on any atom is -0.354 e. The third-order valence-corrected chi connectivity index (χ3v) is 5.00.